The highest BCUT2D eigenvalue weighted by molar-refractivity contribution is 5.95. The summed E-state index contributed by atoms with van der Waals surface area (Å²) in [5.41, 5.74) is 6.05. The smallest absolute Gasteiger partial charge is 0.252 e. The van der Waals surface area contributed by atoms with Crippen molar-refractivity contribution in [3.05, 3.63) is 90.1 Å². The number of allylic oxidation sites excluding steroid dienone is 6. The van der Waals surface area contributed by atoms with E-state index in [0.717, 1.165) is 36.2 Å². The van der Waals surface area contributed by atoms with Gasteiger partial charge in [0.25, 0.3) is 5.91 Å². The third-order valence-electron chi connectivity index (χ3n) is 5.35. The van der Waals surface area contributed by atoms with Crippen molar-refractivity contribution in [1.29, 1.82) is 0 Å². The molecular weight excluding hydrogens is 420 g/mol. The quantitative estimate of drug-likeness (QED) is 0.333. The van der Waals surface area contributed by atoms with Crippen molar-refractivity contribution in [3.63, 3.8) is 0 Å². The molecule has 0 radical (unpaired) electrons. The van der Waals surface area contributed by atoms with E-state index in [0.29, 0.717) is 18.0 Å². The Labute approximate surface area is 204 Å². The number of rotatable bonds is 12. The average molecular weight is 459 g/mol. The van der Waals surface area contributed by atoms with E-state index in [9.17, 15) is 4.79 Å². The van der Waals surface area contributed by atoms with Crippen LogP contribution >= 0.6 is 0 Å². The number of hydrogen-bond acceptors (Lipinski definition) is 4. The summed E-state index contributed by atoms with van der Waals surface area (Å²) in [7, 11) is 0. The SMILES string of the molecule is C=C/C=C(C(=C/CC)\CC)/C(=C/Nc1ccc(-c2cncc(C(=O)NCC(C)C)c2)cn1)CC. The van der Waals surface area contributed by atoms with E-state index in [1.807, 2.05) is 30.5 Å². The second-order valence-corrected chi connectivity index (χ2v) is 8.47. The molecule has 0 saturated heterocycles. The van der Waals surface area contributed by atoms with Gasteiger partial charge in [-0.25, -0.2) is 4.98 Å². The van der Waals surface area contributed by atoms with Crippen molar-refractivity contribution in [2.24, 2.45) is 5.92 Å². The molecule has 34 heavy (non-hydrogen) atoms. The van der Waals surface area contributed by atoms with Crippen molar-refractivity contribution >= 4 is 11.7 Å². The van der Waals surface area contributed by atoms with Crippen LogP contribution in [0.5, 0.6) is 0 Å². The molecule has 0 fully saturated rings. The Morgan fingerprint density at radius 3 is 2.41 bits per heavy atom. The zero-order valence-electron chi connectivity index (χ0n) is 21.2. The van der Waals surface area contributed by atoms with Crippen LogP contribution in [0.3, 0.4) is 0 Å². The number of hydrogen-bond donors (Lipinski definition) is 2. The van der Waals surface area contributed by atoms with E-state index in [-0.39, 0.29) is 5.91 Å². The van der Waals surface area contributed by atoms with Crippen LogP contribution in [-0.4, -0.2) is 22.4 Å². The first-order chi connectivity index (χ1) is 16.4. The number of pyridine rings is 2. The molecule has 0 saturated carbocycles. The van der Waals surface area contributed by atoms with Crippen LogP contribution in [0.1, 0.15) is 64.2 Å². The van der Waals surface area contributed by atoms with Gasteiger partial charge in [0.1, 0.15) is 5.82 Å². The highest BCUT2D eigenvalue weighted by Crippen LogP contribution is 2.26. The number of amides is 1. The maximum absolute atomic E-state index is 12.4. The molecule has 0 spiro atoms. The molecule has 0 unspecified atom stereocenters. The minimum atomic E-state index is -0.113. The third-order valence-corrected chi connectivity index (χ3v) is 5.35. The molecule has 0 aliphatic carbocycles. The molecule has 0 aliphatic rings. The van der Waals surface area contributed by atoms with Gasteiger partial charge in [0, 0.05) is 42.5 Å². The molecule has 0 bridgehead atoms. The van der Waals surface area contributed by atoms with E-state index < -0.39 is 0 Å². The van der Waals surface area contributed by atoms with Crippen molar-refractivity contribution in [2.75, 3.05) is 11.9 Å². The highest BCUT2D eigenvalue weighted by atomic mass is 16.1. The van der Waals surface area contributed by atoms with Crippen LogP contribution < -0.4 is 10.6 Å². The van der Waals surface area contributed by atoms with Gasteiger partial charge in [0.05, 0.1) is 5.56 Å². The first-order valence-corrected chi connectivity index (χ1v) is 12.1. The molecule has 2 rings (SSSR count). The van der Waals surface area contributed by atoms with Crippen LogP contribution in [0, 0.1) is 5.92 Å². The number of nitrogens with one attached hydrogen (secondary N) is 2. The Hall–Kier alpha value is -3.47. The minimum Gasteiger partial charge on any atom is -0.352 e. The molecule has 0 aromatic carbocycles. The number of carbonyl (C=O) groups excluding carboxylic acids is 1. The lowest BCUT2D eigenvalue weighted by molar-refractivity contribution is 0.0948. The standard InChI is InChI=1S/C29H38N4O/c1-7-11-22(9-3)27(12-8-2)23(10-4)19-31-28-14-13-24(20-32-28)25-15-26(18-30-17-25)29(34)33-16-21(5)6/h8,11-15,17-21H,2,7,9-10,16H2,1,3-6H3,(H,31,32)(H,33,34)/b22-11-,23-19+,27-12+. The second kappa shape index (κ2) is 13.9. The maximum atomic E-state index is 12.4. The van der Waals surface area contributed by atoms with Crippen molar-refractivity contribution in [2.45, 2.75) is 53.9 Å². The van der Waals surface area contributed by atoms with Gasteiger partial charge in [-0.1, -0.05) is 59.4 Å². The summed E-state index contributed by atoms with van der Waals surface area (Å²) in [5, 5.41) is 6.27. The average Bonchev–Trinajstić information content (AvgIpc) is 2.86. The molecule has 1 amide bonds. The van der Waals surface area contributed by atoms with Crippen molar-refractivity contribution < 1.29 is 4.79 Å². The summed E-state index contributed by atoms with van der Waals surface area (Å²) < 4.78 is 0. The maximum Gasteiger partial charge on any atom is 0.252 e. The zero-order valence-corrected chi connectivity index (χ0v) is 21.2. The molecule has 2 aromatic heterocycles. The molecule has 5 nitrogen and oxygen atoms in total. The summed E-state index contributed by atoms with van der Waals surface area (Å²) in [6, 6.07) is 5.77. The molecule has 2 aromatic rings. The van der Waals surface area contributed by atoms with Crippen LogP contribution in [0.25, 0.3) is 11.1 Å². The van der Waals surface area contributed by atoms with Gasteiger partial charge < -0.3 is 10.6 Å². The van der Waals surface area contributed by atoms with Gasteiger partial charge in [0.2, 0.25) is 0 Å². The zero-order chi connectivity index (χ0) is 24.9. The van der Waals surface area contributed by atoms with E-state index in [4.69, 9.17) is 0 Å². The summed E-state index contributed by atoms with van der Waals surface area (Å²) in [5.74, 6) is 1.04. The molecule has 0 aliphatic heterocycles. The van der Waals surface area contributed by atoms with Crippen LogP contribution in [0.15, 0.2) is 84.5 Å². The first-order valence-electron chi connectivity index (χ1n) is 12.1. The lowest BCUT2D eigenvalue weighted by atomic mass is 9.93. The number of anilines is 1. The second-order valence-electron chi connectivity index (χ2n) is 8.47. The van der Waals surface area contributed by atoms with Crippen LogP contribution in [-0.2, 0) is 0 Å². The predicted molar refractivity (Wildman–Crippen MR) is 144 cm³/mol. The van der Waals surface area contributed by atoms with Crippen LogP contribution in [0.2, 0.25) is 0 Å². The first kappa shape index (κ1) is 26.8. The molecular formula is C29H38N4O. The molecule has 2 N–H and O–H groups in total. The lowest BCUT2D eigenvalue weighted by Gasteiger charge is -2.14. The summed E-state index contributed by atoms with van der Waals surface area (Å²) in [6.45, 7) is 15.1. The number of carbonyl (C=O) groups is 1. The Morgan fingerprint density at radius 2 is 1.82 bits per heavy atom. The normalized spacial score (nSPS) is 12.6. The highest BCUT2D eigenvalue weighted by Gasteiger charge is 2.10. The van der Waals surface area contributed by atoms with Gasteiger partial charge in [0.15, 0.2) is 0 Å². The predicted octanol–water partition coefficient (Wildman–Crippen LogP) is 7.09. The molecule has 2 heterocycles. The summed E-state index contributed by atoms with van der Waals surface area (Å²) in [6.07, 6.45) is 16.2. The fourth-order valence-electron chi connectivity index (χ4n) is 3.53. The lowest BCUT2D eigenvalue weighted by Crippen LogP contribution is -2.27. The van der Waals surface area contributed by atoms with E-state index in [1.165, 1.54) is 16.7 Å². The van der Waals surface area contributed by atoms with Gasteiger partial charge in [-0.2, -0.15) is 0 Å². The fraction of sp³-hybridized carbons (Fsp3) is 0.345. The van der Waals surface area contributed by atoms with Gasteiger partial charge >= 0.3 is 0 Å². The Bertz CT molecular complexity index is 1050. The topological polar surface area (TPSA) is 66.9 Å². The van der Waals surface area contributed by atoms with E-state index in [1.54, 1.807) is 18.6 Å². The van der Waals surface area contributed by atoms with Crippen LogP contribution in [0.4, 0.5) is 5.82 Å². The summed E-state index contributed by atoms with van der Waals surface area (Å²) >= 11 is 0. The largest absolute Gasteiger partial charge is 0.352 e. The van der Waals surface area contributed by atoms with Gasteiger partial charge in [-0.05, 0) is 60.1 Å². The van der Waals surface area contributed by atoms with E-state index >= 15 is 0 Å². The van der Waals surface area contributed by atoms with Gasteiger partial charge in [-0.15, -0.1) is 0 Å². The number of aromatic nitrogens is 2. The molecule has 180 valence electrons. The third kappa shape index (κ3) is 7.84. The van der Waals surface area contributed by atoms with Crippen molar-refractivity contribution in [3.8, 4) is 11.1 Å². The summed E-state index contributed by atoms with van der Waals surface area (Å²) in [4.78, 5) is 21.2. The molecule has 0 atom stereocenters. The minimum absolute atomic E-state index is 0.113. The van der Waals surface area contributed by atoms with Gasteiger partial charge in [-0.3, -0.25) is 9.78 Å². The molecule has 5 heteroatoms. The van der Waals surface area contributed by atoms with E-state index in [2.05, 4.69) is 74.0 Å². The van der Waals surface area contributed by atoms with Crippen molar-refractivity contribution in [1.82, 2.24) is 15.3 Å². The monoisotopic (exact) mass is 458 g/mol. The number of nitrogens with zero attached hydrogens (tertiary/aromatic N) is 2. The fourth-order valence-corrected chi connectivity index (χ4v) is 3.53. The Morgan fingerprint density at radius 1 is 1.06 bits per heavy atom. The Balaban J connectivity index is 2.19. The Kier molecular flexibility index (Phi) is 11.0.